The lowest BCUT2D eigenvalue weighted by Gasteiger charge is -2.16. The van der Waals surface area contributed by atoms with Crippen LogP contribution in [0.5, 0.6) is 5.75 Å². The topological polar surface area (TPSA) is 64.6 Å². The third-order valence-corrected chi connectivity index (χ3v) is 5.70. The van der Waals surface area contributed by atoms with Crippen LogP contribution in [0.3, 0.4) is 0 Å². The largest absolute Gasteiger partial charge is 0.491 e. The van der Waals surface area contributed by atoms with Crippen LogP contribution in [0.15, 0.2) is 53.4 Å². The van der Waals surface area contributed by atoms with Gasteiger partial charge >= 0.3 is 0 Å². The second-order valence-electron chi connectivity index (χ2n) is 7.00. The lowest BCUT2D eigenvalue weighted by atomic mass is 10.0. The van der Waals surface area contributed by atoms with Gasteiger partial charge in [0, 0.05) is 13.2 Å². The highest BCUT2D eigenvalue weighted by Gasteiger charge is 2.18. The first kappa shape index (κ1) is 21.4. The molecule has 2 aromatic rings. The van der Waals surface area contributed by atoms with Gasteiger partial charge in [0.1, 0.15) is 12.4 Å². The number of methoxy groups -OCH3 is 1. The van der Waals surface area contributed by atoms with Crippen molar-refractivity contribution in [1.82, 2.24) is 4.72 Å². The summed E-state index contributed by atoms with van der Waals surface area (Å²) in [6.07, 6.45) is 1.01. The van der Waals surface area contributed by atoms with Crippen LogP contribution in [0.1, 0.15) is 37.9 Å². The molecule has 0 bridgehead atoms. The van der Waals surface area contributed by atoms with Crippen LogP contribution in [0, 0.1) is 5.92 Å². The van der Waals surface area contributed by atoms with Crippen LogP contribution < -0.4 is 9.46 Å². The molecule has 0 spiro atoms. The van der Waals surface area contributed by atoms with E-state index in [1.807, 2.05) is 19.1 Å². The predicted octanol–water partition coefficient (Wildman–Crippen LogP) is 3.95. The zero-order valence-corrected chi connectivity index (χ0v) is 17.3. The van der Waals surface area contributed by atoms with Crippen LogP contribution in [-0.4, -0.2) is 28.7 Å². The molecule has 0 aliphatic rings. The zero-order valence-electron chi connectivity index (χ0n) is 16.4. The molecule has 148 valence electrons. The second-order valence-corrected chi connectivity index (χ2v) is 8.71. The minimum absolute atomic E-state index is 0.213. The minimum atomic E-state index is -3.61. The summed E-state index contributed by atoms with van der Waals surface area (Å²) in [4.78, 5) is 0.213. The maximum atomic E-state index is 12.6. The van der Waals surface area contributed by atoms with Crippen LogP contribution in [0.2, 0.25) is 0 Å². The van der Waals surface area contributed by atoms with Gasteiger partial charge in [0.05, 0.1) is 11.5 Å². The molecular weight excluding hydrogens is 362 g/mol. The third-order valence-electron chi connectivity index (χ3n) is 4.15. The molecule has 0 aliphatic carbocycles. The van der Waals surface area contributed by atoms with Gasteiger partial charge in [-0.15, -0.1) is 0 Å². The summed E-state index contributed by atoms with van der Waals surface area (Å²) < 4.78 is 38.4. The van der Waals surface area contributed by atoms with Gasteiger partial charge in [-0.25, -0.2) is 13.1 Å². The molecule has 0 radical (unpaired) electrons. The Hall–Kier alpha value is -1.89. The fourth-order valence-corrected chi connectivity index (χ4v) is 3.97. The Labute approximate surface area is 162 Å². The van der Waals surface area contributed by atoms with Crippen LogP contribution in [0.4, 0.5) is 0 Å². The van der Waals surface area contributed by atoms with Crippen LogP contribution in [-0.2, 0) is 21.2 Å². The van der Waals surface area contributed by atoms with Gasteiger partial charge < -0.3 is 9.47 Å². The Morgan fingerprint density at radius 1 is 0.926 bits per heavy atom. The lowest BCUT2D eigenvalue weighted by Crippen LogP contribution is -2.26. The van der Waals surface area contributed by atoms with Crippen molar-refractivity contribution in [2.24, 2.45) is 5.92 Å². The normalized spacial score (nSPS) is 12.9. The molecule has 1 atom stereocenters. The minimum Gasteiger partial charge on any atom is -0.491 e. The van der Waals surface area contributed by atoms with Gasteiger partial charge in [0.25, 0.3) is 0 Å². The molecule has 0 amide bonds. The maximum Gasteiger partial charge on any atom is 0.241 e. The summed E-state index contributed by atoms with van der Waals surface area (Å²) in [6, 6.07) is 14.2. The summed E-state index contributed by atoms with van der Waals surface area (Å²) in [7, 11) is -2.01. The van der Waals surface area contributed by atoms with Gasteiger partial charge in [0.15, 0.2) is 0 Å². The molecule has 0 fully saturated rings. The van der Waals surface area contributed by atoms with Gasteiger partial charge in [-0.3, -0.25) is 0 Å². The van der Waals surface area contributed by atoms with E-state index in [0.717, 1.165) is 12.0 Å². The van der Waals surface area contributed by atoms with Crippen molar-refractivity contribution in [1.29, 1.82) is 0 Å². The molecule has 0 aliphatic heterocycles. The zero-order chi connectivity index (χ0) is 19.9. The fraction of sp³-hybridized carbons (Fsp3) is 0.429. The highest BCUT2D eigenvalue weighted by atomic mass is 32.2. The molecule has 1 unspecified atom stereocenters. The Balaban J connectivity index is 2.02. The first-order chi connectivity index (χ1) is 12.8. The van der Waals surface area contributed by atoms with Crippen molar-refractivity contribution in [3.8, 4) is 5.75 Å². The fourth-order valence-electron chi connectivity index (χ4n) is 2.74. The van der Waals surface area contributed by atoms with E-state index in [-0.39, 0.29) is 10.9 Å². The summed E-state index contributed by atoms with van der Waals surface area (Å²) >= 11 is 0. The van der Waals surface area contributed by atoms with Crippen molar-refractivity contribution in [3.05, 3.63) is 59.7 Å². The highest BCUT2D eigenvalue weighted by Crippen LogP contribution is 2.20. The average molecular weight is 392 g/mol. The molecule has 2 aromatic carbocycles. The van der Waals surface area contributed by atoms with Crippen molar-refractivity contribution in [3.63, 3.8) is 0 Å². The van der Waals surface area contributed by atoms with E-state index in [1.54, 1.807) is 31.4 Å². The SMILES string of the molecule is COCCOc1ccc(S(=O)(=O)NC(C)c2ccc(CC(C)C)cc2)cc1. The summed E-state index contributed by atoms with van der Waals surface area (Å²) in [5.41, 5.74) is 2.19. The number of hydrogen-bond donors (Lipinski definition) is 1. The lowest BCUT2D eigenvalue weighted by molar-refractivity contribution is 0.146. The Bertz CT molecular complexity index is 799. The molecule has 1 N–H and O–H groups in total. The van der Waals surface area contributed by atoms with Crippen LogP contribution in [0.25, 0.3) is 0 Å². The molecule has 5 nitrogen and oxygen atoms in total. The monoisotopic (exact) mass is 391 g/mol. The standard InChI is InChI=1S/C21H29NO4S/c1-16(2)15-18-5-7-19(8-6-18)17(3)22-27(23,24)21-11-9-20(10-12-21)26-14-13-25-4/h5-12,16-17,22H,13-15H2,1-4H3. The van der Waals surface area contributed by atoms with E-state index in [0.29, 0.717) is 24.9 Å². The van der Waals surface area contributed by atoms with Crippen LogP contribution >= 0.6 is 0 Å². The molecule has 0 saturated carbocycles. The maximum absolute atomic E-state index is 12.6. The van der Waals surface area contributed by atoms with Gasteiger partial charge in [-0.2, -0.15) is 0 Å². The molecule has 6 heteroatoms. The third kappa shape index (κ3) is 6.65. The number of rotatable bonds is 10. The molecule has 2 rings (SSSR count). The average Bonchev–Trinajstić information content (AvgIpc) is 2.62. The number of ether oxygens (including phenoxy) is 2. The molecular formula is C21H29NO4S. The Morgan fingerprint density at radius 3 is 2.11 bits per heavy atom. The molecule has 0 heterocycles. The summed E-state index contributed by atoms with van der Waals surface area (Å²) in [5, 5.41) is 0. The van der Waals surface area contributed by atoms with E-state index in [9.17, 15) is 8.42 Å². The van der Waals surface area contributed by atoms with E-state index < -0.39 is 10.0 Å². The number of sulfonamides is 1. The van der Waals surface area contributed by atoms with Gasteiger partial charge in [0.2, 0.25) is 10.0 Å². The van der Waals surface area contributed by atoms with E-state index in [1.165, 1.54) is 5.56 Å². The highest BCUT2D eigenvalue weighted by molar-refractivity contribution is 7.89. The van der Waals surface area contributed by atoms with Crippen molar-refractivity contribution < 1.29 is 17.9 Å². The number of nitrogens with one attached hydrogen (secondary N) is 1. The summed E-state index contributed by atoms with van der Waals surface area (Å²) in [6.45, 7) is 7.11. The smallest absolute Gasteiger partial charge is 0.241 e. The first-order valence-corrected chi connectivity index (χ1v) is 10.6. The number of benzene rings is 2. The van der Waals surface area contributed by atoms with Gasteiger partial charge in [-0.1, -0.05) is 38.1 Å². The molecule has 27 heavy (non-hydrogen) atoms. The van der Waals surface area contributed by atoms with E-state index in [2.05, 4.69) is 30.7 Å². The van der Waals surface area contributed by atoms with E-state index >= 15 is 0 Å². The quantitative estimate of drug-likeness (QED) is 0.623. The van der Waals surface area contributed by atoms with Crippen molar-refractivity contribution in [2.75, 3.05) is 20.3 Å². The summed E-state index contributed by atoms with van der Waals surface area (Å²) in [5.74, 6) is 1.20. The number of hydrogen-bond acceptors (Lipinski definition) is 4. The Morgan fingerprint density at radius 2 is 1.56 bits per heavy atom. The second kappa shape index (κ2) is 9.88. The van der Waals surface area contributed by atoms with Gasteiger partial charge in [-0.05, 0) is 54.7 Å². The predicted molar refractivity (Wildman–Crippen MR) is 108 cm³/mol. The molecule has 0 aromatic heterocycles. The Kier molecular flexibility index (Phi) is 7.83. The molecule has 0 saturated heterocycles. The van der Waals surface area contributed by atoms with Crippen molar-refractivity contribution in [2.45, 2.75) is 38.1 Å². The van der Waals surface area contributed by atoms with E-state index in [4.69, 9.17) is 9.47 Å². The van der Waals surface area contributed by atoms with Crippen molar-refractivity contribution >= 4 is 10.0 Å². The first-order valence-electron chi connectivity index (χ1n) is 9.15.